The van der Waals surface area contributed by atoms with E-state index in [1.54, 1.807) is 18.1 Å². The average Bonchev–Trinajstić information content (AvgIpc) is 2.76. The zero-order valence-electron chi connectivity index (χ0n) is 11.0. The molecule has 0 aliphatic carbocycles. The molecule has 6 nitrogen and oxygen atoms in total. The van der Waals surface area contributed by atoms with E-state index in [2.05, 4.69) is 5.10 Å². The van der Waals surface area contributed by atoms with Crippen LogP contribution >= 0.6 is 0 Å². The van der Waals surface area contributed by atoms with Gasteiger partial charge in [-0.05, 0) is 19.1 Å². The second-order valence-electron chi connectivity index (χ2n) is 4.90. The Balaban J connectivity index is 2.24. The number of hydrogen-bond acceptors (Lipinski definition) is 4. The van der Waals surface area contributed by atoms with Crippen LogP contribution in [0, 0.1) is 0 Å². The Morgan fingerprint density at radius 2 is 2.32 bits per heavy atom. The van der Waals surface area contributed by atoms with E-state index in [9.17, 15) is 4.79 Å². The minimum absolute atomic E-state index is 0.00975. The molecular formula is C13H16N4O2. The molecule has 1 atom stereocenters. The smallest absolute Gasteiger partial charge is 0.264 e. The van der Waals surface area contributed by atoms with Crippen LogP contribution in [0.2, 0.25) is 0 Å². The summed E-state index contributed by atoms with van der Waals surface area (Å²) in [5.74, 6) is 0.648. The predicted octanol–water partition coefficient (Wildman–Crippen LogP) is 0.739. The summed E-state index contributed by atoms with van der Waals surface area (Å²) >= 11 is 0. The second-order valence-corrected chi connectivity index (χ2v) is 4.90. The van der Waals surface area contributed by atoms with E-state index in [0.717, 1.165) is 16.6 Å². The number of nitrogens with zero attached hydrogens (tertiary/aromatic N) is 3. The number of likely N-dealkylation sites (N-methyl/N-ethyl adjacent to an activating group) is 1. The van der Waals surface area contributed by atoms with Crippen molar-refractivity contribution in [2.45, 2.75) is 19.5 Å². The van der Waals surface area contributed by atoms with Crippen LogP contribution in [-0.4, -0.2) is 35.4 Å². The molecular weight excluding hydrogens is 244 g/mol. The van der Waals surface area contributed by atoms with Gasteiger partial charge in [-0.25, -0.2) is 0 Å². The molecule has 2 heterocycles. The number of nitrogens with two attached hydrogens (primary N) is 1. The topological polar surface area (TPSA) is 73.4 Å². The Bertz CT molecular complexity index is 647. The first-order valence-electron chi connectivity index (χ1n) is 6.21. The predicted molar refractivity (Wildman–Crippen MR) is 72.3 cm³/mol. The average molecular weight is 260 g/mol. The number of hydrogen-bond donors (Lipinski definition) is 1. The summed E-state index contributed by atoms with van der Waals surface area (Å²) in [6, 6.07) is 3.81. The Kier molecular flexibility index (Phi) is 2.67. The van der Waals surface area contributed by atoms with Crippen molar-refractivity contribution >= 4 is 22.5 Å². The molecule has 2 aromatic rings. The molecule has 6 heteroatoms. The van der Waals surface area contributed by atoms with Crippen LogP contribution in [0.3, 0.4) is 0 Å². The quantitative estimate of drug-likeness (QED) is 0.864. The number of aromatic nitrogens is 2. The van der Waals surface area contributed by atoms with Crippen LogP contribution < -0.4 is 15.4 Å². The lowest BCUT2D eigenvalue weighted by Crippen LogP contribution is -2.36. The van der Waals surface area contributed by atoms with E-state index < -0.39 is 0 Å². The van der Waals surface area contributed by atoms with Gasteiger partial charge in [-0.3, -0.25) is 9.48 Å². The monoisotopic (exact) mass is 260 g/mol. The standard InChI is InChI=1S/C13H16N4O2/c1-8(14)6-17-12-9(5-15-17)3-4-10-13(12)16(2)11(18)7-19-10/h3-5,8H,6-7,14H2,1-2H3/t8-/m0/s1. The van der Waals surface area contributed by atoms with Gasteiger partial charge < -0.3 is 15.4 Å². The van der Waals surface area contributed by atoms with Gasteiger partial charge in [0.05, 0.1) is 18.3 Å². The number of anilines is 1. The first-order valence-corrected chi connectivity index (χ1v) is 6.21. The number of carbonyl (C=O) groups is 1. The SMILES string of the molecule is C[C@H](N)Cn1ncc2ccc3c(c21)N(C)C(=O)CO3. The van der Waals surface area contributed by atoms with Crippen LogP contribution in [0.15, 0.2) is 18.3 Å². The largest absolute Gasteiger partial charge is 0.481 e. The van der Waals surface area contributed by atoms with Crippen LogP contribution in [0.5, 0.6) is 5.75 Å². The highest BCUT2D eigenvalue weighted by molar-refractivity contribution is 6.06. The molecule has 0 saturated carbocycles. The van der Waals surface area contributed by atoms with Crippen molar-refractivity contribution in [1.29, 1.82) is 0 Å². The van der Waals surface area contributed by atoms with Gasteiger partial charge in [-0.1, -0.05) is 0 Å². The molecule has 1 aliphatic heterocycles. The van der Waals surface area contributed by atoms with Gasteiger partial charge in [-0.2, -0.15) is 5.10 Å². The summed E-state index contributed by atoms with van der Waals surface area (Å²) in [5, 5.41) is 5.32. The third-order valence-electron chi connectivity index (χ3n) is 3.26. The third kappa shape index (κ3) is 1.84. The molecule has 1 aliphatic rings. The minimum atomic E-state index is -0.0615. The second kappa shape index (κ2) is 4.24. The minimum Gasteiger partial charge on any atom is -0.481 e. The fourth-order valence-electron chi connectivity index (χ4n) is 2.35. The van der Waals surface area contributed by atoms with Crippen molar-refractivity contribution in [1.82, 2.24) is 9.78 Å². The number of amides is 1. The molecule has 0 spiro atoms. The van der Waals surface area contributed by atoms with E-state index in [0.29, 0.717) is 12.3 Å². The Labute approximate surface area is 110 Å². The molecule has 0 unspecified atom stereocenters. The van der Waals surface area contributed by atoms with Crippen LogP contribution in [0.4, 0.5) is 5.69 Å². The van der Waals surface area contributed by atoms with Gasteiger partial charge in [0, 0.05) is 18.5 Å². The first-order chi connectivity index (χ1) is 9.08. The van der Waals surface area contributed by atoms with E-state index in [1.807, 2.05) is 23.7 Å². The lowest BCUT2D eigenvalue weighted by molar-refractivity contribution is -0.120. The van der Waals surface area contributed by atoms with Crippen molar-refractivity contribution in [3.63, 3.8) is 0 Å². The lowest BCUT2D eigenvalue weighted by atomic mass is 10.1. The van der Waals surface area contributed by atoms with Gasteiger partial charge in [-0.15, -0.1) is 0 Å². The van der Waals surface area contributed by atoms with E-state index >= 15 is 0 Å². The van der Waals surface area contributed by atoms with E-state index in [-0.39, 0.29) is 18.6 Å². The molecule has 1 aromatic heterocycles. The van der Waals surface area contributed by atoms with Crippen LogP contribution in [0.25, 0.3) is 10.9 Å². The molecule has 0 saturated heterocycles. The zero-order chi connectivity index (χ0) is 13.6. The Morgan fingerprint density at radius 3 is 3.05 bits per heavy atom. The van der Waals surface area contributed by atoms with Crippen LogP contribution in [0.1, 0.15) is 6.92 Å². The van der Waals surface area contributed by atoms with E-state index in [4.69, 9.17) is 10.5 Å². The number of rotatable bonds is 2. The molecule has 0 bridgehead atoms. The zero-order valence-corrected chi connectivity index (χ0v) is 11.0. The molecule has 1 aromatic carbocycles. The van der Waals surface area contributed by atoms with Crippen molar-refractivity contribution in [3.05, 3.63) is 18.3 Å². The van der Waals surface area contributed by atoms with Crippen molar-refractivity contribution < 1.29 is 9.53 Å². The third-order valence-corrected chi connectivity index (χ3v) is 3.26. The Morgan fingerprint density at radius 1 is 1.53 bits per heavy atom. The van der Waals surface area contributed by atoms with Gasteiger partial charge in [0.2, 0.25) is 0 Å². The summed E-state index contributed by atoms with van der Waals surface area (Å²) in [6.07, 6.45) is 1.78. The van der Waals surface area contributed by atoms with Gasteiger partial charge in [0.1, 0.15) is 11.4 Å². The summed E-state index contributed by atoms with van der Waals surface area (Å²) in [4.78, 5) is 13.4. The normalized spacial score (nSPS) is 16.4. The van der Waals surface area contributed by atoms with Crippen molar-refractivity contribution in [2.75, 3.05) is 18.6 Å². The molecule has 19 heavy (non-hydrogen) atoms. The molecule has 0 fully saturated rings. The summed E-state index contributed by atoms with van der Waals surface area (Å²) in [5.41, 5.74) is 7.50. The van der Waals surface area contributed by atoms with Gasteiger partial charge in [0.15, 0.2) is 6.61 Å². The maximum atomic E-state index is 11.8. The molecule has 3 rings (SSSR count). The fraction of sp³-hybridized carbons (Fsp3) is 0.385. The highest BCUT2D eigenvalue weighted by Crippen LogP contribution is 2.38. The van der Waals surface area contributed by atoms with Gasteiger partial charge >= 0.3 is 0 Å². The maximum Gasteiger partial charge on any atom is 0.264 e. The maximum absolute atomic E-state index is 11.8. The highest BCUT2D eigenvalue weighted by atomic mass is 16.5. The summed E-state index contributed by atoms with van der Waals surface area (Å²) in [7, 11) is 1.76. The summed E-state index contributed by atoms with van der Waals surface area (Å²) in [6.45, 7) is 2.60. The van der Waals surface area contributed by atoms with Gasteiger partial charge in [0.25, 0.3) is 5.91 Å². The number of fused-ring (bicyclic) bond motifs is 3. The first kappa shape index (κ1) is 12.0. The fourth-order valence-corrected chi connectivity index (χ4v) is 2.35. The summed E-state index contributed by atoms with van der Waals surface area (Å²) < 4.78 is 7.31. The molecule has 1 amide bonds. The number of carbonyl (C=O) groups excluding carboxylic acids is 1. The number of benzene rings is 1. The van der Waals surface area contributed by atoms with Crippen molar-refractivity contribution in [3.8, 4) is 5.75 Å². The Hall–Kier alpha value is -2.08. The molecule has 2 N–H and O–H groups in total. The van der Waals surface area contributed by atoms with Crippen LogP contribution in [-0.2, 0) is 11.3 Å². The molecule has 0 radical (unpaired) electrons. The van der Waals surface area contributed by atoms with E-state index in [1.165, 1.54) is 0 Å². The number of ether oxygens (including phenoxy) is 1. The van der Waals surface area contributed by atoms with Crippen molar-refractivity contribution in [2.24, 2.45) is 5.73 Å². The molecule has 100 valence electrons. The highest BCUT2D eigenvalue weighted by Gasteiger charge is 2.26. The lowest BCUT2D eigenvalue weighted by Gasteiger charge is -2.27.